The van der Waals surface area contributed by atoms with E-state index in [2.05, 4.69) is 15.6 Å². The quantitative estimate of drug-likeness (QED) is 0.743. The van der Waals surface area contributed by atoms with Crippen LogP contribution in [0.1, 0.15) is 62.2 Å². The average molecular weight is 345 g/mol. The van der Waals surface area contributed by atoms with E-state index in [1.165, 1.54) is 51.1 Å². The molecule has 0 radical (unpaired) electrons. The van der Waals surface area contributed by atoms with Gasteiger partial charge in [0.25, 0.3) is 5.91 Å². The van der Waals surface area contributed by atoms with E-state index in [0.717, 1.165) is 5.82 Å². The van der Waals surface area contributed by atoms with Gasteiger partial charge >= 0.3 is 5.97 Å². The molecule has 136 valence electrons. The van der Waals surface area contributed by atoms with Crippen molar-refractivity contribution in [1.82, 2.24) is 10.3 Å². The van der Waals surface area contributed by atoms with E-state index in [9.17, 15) is 9.59 Å². The number of carbonyl (C=O) groups is 2. The van der Waals surface area contributed by atoms with Crippen LogP contribution in [0.3, 0.4) is 0 Å². The van der Waals surface area contributed by atoms with Crippen molar-refractivity contribution in [3.05, 3.63) is 23.9 Å². The van der Waals surface area contributed by atoms with Crippen molar-refractivity contribution in [2.24, 2.45) is 5.92 Å². The lowest BCUT2D eigenvalue weighted by Crippen LogP contribution is -2.38. The molecule has 2 saturated carbocycles. The first-order chi connectivity index (χ1) is 12.1. The zero-order valence-corrected chi connectivity index (χ0v) is 14.8. The molecule has 3 rings (SSSR count). The zero-order chi connectivity index (χ0) is 17.6. The first-order valence-corrected chi connectivity index (χ1v) is 9.33. The number of hydrogen-bond acceptors (Lipinski definition) is 5. The maximum atomic E-state index is 12.1. The van der Waals surface area contributed by atoms with Crippen LogP contribution in [-0.2, 0) is 9.53 Å². The molecule has 6 heteroatoms. The molecule has 0 aliphatic heterocycles. The number of esters is 1. The van der Waals surface area contributed by atoms with E-state index in [1.54, 1.807) is 19.1 Å². The van der Waals surface area contributed by atoms with Gasteiger partial charge in [-0.3, -0.25) is 4.79 Å². The second kappa shape index (κ2) is 8.32. The second-order valence-corrected chi connectivity index (χ2v) is 7.15. The molecule has 1 aromatic heterocycles. The van der Waals surface area contributed by atoms with Crippen LogP contribution in [0.5, 0.6) is 0 Å². The molecule has 2 aliphatic rings. The first-order valence-electron chi connectivity index (χ1n) is 9.33. The van der Waals surface area contributed by atoms with Crippen LogP contribution in [0, 0.1) is 5.92 Å². The fourth-order valence-corrected chi connectivity index (χ4v) is 3.10. The minimum Gasteiger partial charge on any atom is -0.449 e. The Morgan fingerprint density at radius 2 is 1.96 bits per heavy atom. The van der Waals surface area contributed by atoms with E-state index in [4.69, 9.17) is 4.74 Å². The molecule has 2 fully saturated rings. The van der Waals surface area contributed by atoms with Gasteiger partial charge in [-0.2, -0.15) is 0 Å². The molecule has 0 saturated heterocycles. The minimum absolute atomic E-state index is 0.237. The number of amides is 1. The fraction of sp³-hybridized carbons (Fsp3) is 0.632. The summed E-state index contributed by atoms with van der Waals surface area (Å²) in [6, 6.07) is 3.95. The van der Waals surface area contributed by atoms with Crippen LogP contribution in [0.4, 0.5) is 5.82 Å². The van der Waals surface area contributed by atoms with Crippen molar-refractivity contribution < 1.29 is 14.3 Å². The third-order valence-electron chi connectivity index (χ3n) is 4.87. The summed E-state index contributed by atoms with van der Waals surface area (Å²) in [5.41, 5.74) is 0.355. The Balaban J connectivity index is 1.43. The lowest BCUT2D eigenvalue weighted by atomic mass is 9.89. The fourth-order valence-electron chi connectivity index (χ4n) is 3.10. The predicted molar refractivity (Wildman–Crippen MR) is 95.3 cm³/mol. The molecule has 1 heterocycles. The highest BCUT2D eigenvalue weighted by atomic mass is 16.5. The molecule has 0 spiro atoms. The Morgan fingerprint density at radius 3 is 2.60 bits per heavy atom. The van der Waals surface area contributed by atoms with Crippen molar-refractivity contribution in [1.29, 1.82) is 0 Å². The van der Waals surface area contributed by atoms with Crippen LogP contribution >= 0.6 is 0 Å². The Bertz CT molecular complexity index is 592. The number of rotatable bonds is 7. The Labute approximate surface area is 148 Å². The molecule has 1 amide bonds. The Hall–Kier alpha value is -2.11. The molecule has 1 unspecified atom stereocenters. The zero-order valence-electron chi connectivity index (χ0n) is 14.8. The predicted octanol–water partition coefficient (Wildman–Crippen LogP) is 2.90. The summed E-state index contributed by atoms with van der Waals surface area (Å²) in [4.78, 5) is 28.5. The minimum atomic E-state index is -0.805. The Morgan fingerprint density at radius 1 is 1.20 bits per heavy atom. The lowest BCUT2D eigenvalue weighted by molar-refractivity contribution is -0.129. The third kappa shape index (κ3) is 5.44. The van der Waals surface area contributed by atoms with E-state index in [-0.39, 0.29) is 5.91 Å². The summed E-state index contributed by atoms with van der Waals surface area (Å²) in [6.45, 7) is 2.27. The number of nitrogens with zero attached hydrogens (tertiary/aromatic N) is 1. The monoisotopic (exact) mass is 345 g/mol. The van der Waals surface area contributed by atoms with Gasteiger partial charge in [-0.15, -0.1) is 0 Å². The summed E-state index contributed by atoms with van der Waals surface area (Å²) in [7, 11) is 0. The number of anilines is 1. The molecular formula is C19H27N3O3. The average Bonchev–Trinajstić information content (AvgIpc) is 3.45. The SMILES string of the molecule is CC(OC(=O)c1ccc(NC2CC2)nc1)C(=O)NCC1CCCCC1. The van der Waals surface area contributed by atoms with Crippen molar-refractivity contribution in [2.75, 3.05) is 11.9 Å². The van der Waals surface area contributed by atoms with Crippen molar-refractivity contribution in [3.63, 3.8) is 0 Å². The van der Waals surface area contributed by atoms with Gasteiger partial charge in [-0.1, -0.05) is 19.3 Å². The van der Waals surface area contributed by atoms with Gasteiger partial charge in [-0.05, 0) is 50.7 Å². The maximum absolute atomic E-state index is 12.1. The lowest BCUT2D eigenvalue weighted by Gasteiger charge is -2.22. The van der Waals surface area contributed by atoms with E-state index in [0.29, 0.717) is 24.1 Å². The van der Waals surface area contributed by atoms with E-state index in [1.807, 2.05) is 0 Å². The highest BCUT2D eigenvalue weighted by Crippen LogP contribution is 2.24. The van der Waals surface area contributed by atoms with Gasteiger partial charge in [0.1, 0.15) is 5.82 Å². The van der Waals surface area contributed by atoms with Gasteiger partial charge < -0.3 is 15.4 Å². The highest BCUT2D eigenvalue weighted by molar-refractivity contribution is 5.92. The summed E-state index contributed by atoms with van der Waals surface area (Å²) in [5.74, 6) is 0.554. The van der Waals surface area contributed by atoms with Gasteiger partial charge in [-0.25, -0.2) is 9.78 Å². The largest absolute Gasteiger partial charge is 0.449 e. The molecule has 25 heavy (non-hydrogen) atoms. The van der Waals surface area contributed by atoms with Gasteiger partial charge in [0.15, 0.2) is 6.10 Å². The highest BCUT2D eigenvalue weighted by Gasteiger charge is 2.23. The number of hydrogen-bond donors (Lipinski definition) is 2. The molecule has 1 atom stereocenters. The summed E-state index contributed by atoms with van der Waals surface area (Å²) < 4.78 is 5.26. The van der Waals surface area contributed by atoms with Crippen molar-refractivity contribution in [2.45, 2.75) is 64.0 Å². The summed E-state index contributed by atoms with van der Waals surface area (Å²) in [6.07, 6.45) is 9.12. The smallest absolute Gasteiger partial charge is 0.340 e. The molecule has 0 aromatic carbocycles. The van der Waals surface area contributed by atoms with E-state index < -0.39 is 12.1 Å². The summed E-state index contributed by atoms with van der Waals surface area (Å²) >= 11 is 0. The van der Waals surface area contributed by atoms with E-state index >= 15 is 0 Å². The molecule has 0 bridgehead atoms. The topological polar surface area (TPSA) is 80.3 Å². The summed E-state index contributed by atoms with van der Waals surface area (Å²) in [5, 5.41) is 6.17. The van der Waals surface area contributed by atoms with Crippen LogP contribution in [0.15, 0.2) is 18.3 Å². The van der Waals surface area contributed by atoms with Gasteiger partial charge in [0.05, 0.1) is 5.56 Å². The van der Waals surface area contributed by atoms with Crippen molar-refractivity contribution in [3.8, 4) is 0 Å². The molecule has 6 nitrogen and oxygen atoms in total. The van der Waals surface area contributed by atoms with Gasteiger partial charge in [0.2, 0.25) is 0 Å². The molecular weight excluding hydrogens is 318 g/mol. The number of nitrogens with one attached hydrogen (secondary N) is 2. The number of ether oxygens (including phenoxy) is 1. The van der Waals surface area contributed by atoms with Crippen LogP contribution in [0.25, 0.3) is 0 Å². The number of pyridine rings is 1. The number of carbonyl (C=O) groups excluding carboxylic acids is 2. The van der Waals surface area contributed by atoms with Gasteiger partial charge in [0, 0.05) is 18.8 Å². The van der Waals surface area contributed by atoms with Crippen LogP contribution < -0.4 is 10.6 Å². The van der Waals surface area contributed by atoms with Crippen LogP contribution in [-0.4, -0.2) is 35.6 Å². The first kappa shape index (κ1) is 17.7. The maximum Gasteiger partial charge on any atom is 0.340 e. The molecule has 2 aliphatic carbocycles. The van der Waals surface area contributed by atoms with Crippen molar-refractivity contribution >= 4 is 17.7 Å². The second-order valence-electron chi connectivity index (χ2n) is 7.15. The Kier molecular flexibility index (Phi) is 5.89. The molecule has 2 N–H and O–H groups in total. The van der Waals surface area contributed by atoms with Crippen LogP contribution in [0.2, 0.25) is 0 Å². The molecule has 1 aromatic rings. The normalized spacial score (nSPS) is 19.1. The third-order valence-corrected chi connectivity index (χ3v) is 4.87. The number of aromatic nitrogens is 1. The standard InChI is InChI=1S/C19H27N3O3/c1-13(18(23)21-11-14-5-3-2-4-6-14)25-19(24)15-7-10-17(20-12-15)22-16-8-9-16/h7,10,12-14,16H,2-6,8-9,11H2,1H3,(H,20,22)(H,21,23).